The Bertz CT molecular complexity index is 368. The number of carbonyl (C=O) groups is 1. The van der Waals surface area contributed by atoms with E-state index >= 15 is 0 Å². The molecule has 0 heterocycles. The van der Waals surface area contributed by atoms with E-state index in [1.165, 1.54) is 24.3 Å². The molecule has 0 aromatic heterocycles. The second-order valence-electron chi connectivity index (χ2n) is 3.60. The highest BCUT2D eigenvalue weighted by Crippen LogP contribution is 2.37. The molecule has 0 radical (unpaired) electrons. The van der Waals surface area contributed by atoms with Crippen molar-refractivity contribution in [3.8, 4) is 0 Å². The minimum atomic E-state index is -4.53. The zero-order valence-corrected chi connectivity index (χ0v) is 8.58. The van der Waals surface area contributed by atoms with Crippen molar-refractivity contribution in [1.82, 2.24) is 0 Å². The summed E-state index contributed by atoms with van der Waals surface area (Å²) in [5.74, 6) is -3.39. The number of aliphatic carboxylic acids is 1. The molecule has 0 fully saturated rings. The maximum atomic E-state index is 12.6. The molecule has 0 amide bonds. The minimum absolute atomic E-state index is 0.0134. The molecule has 88 valence electrons. The maximum Gasteiger partial charge on any atom is 0.396 e. The molecule has 0 saturated carbocycles. The van der Waals surface area contributed by atoms with Crippen molar-refractivity contribution in [3.63, 3.8) is 0 Å². The van der Waals surface area contributed by atoms with Crippen LogP contribution in [0.25, 0.3) is 0 Å². The lowest BCUT2D eigenvalue weighted by atomic mass is 9.94. The summed E-state index contributed by atoms with van der Waals surface area (Å²) in [6.45, 7) is 1.75. The zero-order valence-electron chi connectivity index (χ0n) is 8.58. The van der Waals surface area contributed by atoms with E-state index < -0.39 is 24.5 Å². The average molecular weight is 232 g/mol. The van der Waals surface area contributed by atoms with Gasteiger partial charge in [0.2, 0.25) is 0 Å². The highest BCUT2D eigenvalue weighted by molar-refractivity contribution is 5.68. The Morgan fingerprint density at radius 2 is 1.81 bits per heavy atom. The quantitative estimate of drug-likeness (QED) is 0.869. The Kier molecular flexibility index (Phi) is 3.57. The van der Waals surface area contributed by atoms with Crippen molar-refractivity contribution in [2.24, 2.45) is 0 Å². The molecular weight excluding hydrogens is 221 g/mol. The fraction of sp³-hybridized carbons (Fsp3) is 0.364. The summed E-state index contributed by atoms with van der Waals surface area (Å²) in [6, 6.07) is 5.71. The van der Waals surface area contributed by atoms with Crippen molar-refractivity contribution in [1.29, 1.82) is 0 Å². The number of halogens is 3. The molecule has 0 aliphatic carbocycles. The first kappa shape index (κ1) is 12.5. The van der Waals surface area contributed by atoms with Gasteiger partial charge in [-0.1, -0.05) is 29.8 Å². The molecule has 0 spiro atoms. The lowest BCUT2D eigenvalue weighted by molar-refractivity contribution is -0.163. The summed E-state index contributed by atoms with van der Waals surface area (Å²) in [6.07, 6.45) is -5.47. The molecule has 1 N–H and O–H groups in total. The Morgan fingerprint density at radius 3 is 2.19 bits per heavy atom. The molecule has 1 aromatic rings. The molecule has 1 rings (SSSR count). The van der Waals surface area contributed by atoms with Crippen LogP contribution in [0, 0.1) is 6.92 Å². The molecular formula is C11H11F3O2. The van der Waals surface area contributed by atoms with E-state index in [1.54, 1.807) is 6.92 Å². The summed E-state index contributed by atoms with van der Waals surface area (Å²) in [5.41, 5.74) is 0.820. The van der Waals surface area contributed by atoms with Crippen molar-refractivity contribution in [2.75, 3.05) is 0 Å². The summed E-state index contributed by atoms with van der Waals surface area (Å²) in [4.78, 5) is 10.4. The van der Waals surface area contributed by atoms with Gasteiger partial charge in [0.25, 0.3) is 0 Å². The highest BCUT2D eigenvalue weighted by atomic mass is 19.4. The van der Waals surface area contributed by atoms with Gasteiger partial charge in [-0.05, 0) is 12.5 Å². The Labute approximate surface area is 90.7 Å². The molecule has 0 saturated heterocycles. The minimum Gasteiger partial charge on any atom is -0.481 e. The number of aryl methyl sites for hydroxylation is 1. The predicted octanol–water partition coefficient (Wildman–Crippen LogP) is 3.12. The molecule has 0 aliphatic heterocycles. The van der Waals surface area contributed by atoms with Gasteiger partial charge in [-0.2, -0.15) is 13.2 Å². The lowest BCUT2D eigenvalue weighted by Crippen LogP contribution is -2.23. The van der Waals surface area contributed by atoms with Gasteiger partial charge in [-0.3, -0.25) is 4.79 Å². The van der Waals surface area contributed by atoms with Crippen LogP contribution in [0.1, 0.15) is 23.5 Å². The van der Waals surface area contributed by atoms with E-state index in [9.17, 15) is 18.0 Å². The van der Waals surface area contributed by atoms with Gasteiger partial charge in [0.15, 0.2) is 0 Å². The van der Waals surface area contributed by atoms with Crippen LogP contribution in [-0.4, -0.2) is 17.3 Å². The van der Waals surface area contributed by atoms with Crippen molar-refractivity contribution >= 4 is 5.97 Å². The molecule has 0 aliphatic rings. The maximum absolute atomic E-state index is 12.6. The smallest absolute Gasteiger partial charge is 0.396 e. The summed E-state index contributed by atoms with van der Waals surface area (Å²) in [5, 5.41) is 8.46. The van der Waals surface area contributed by atoms with Gasteiger partial charge in [0.1, 0.15) is 0 Å². The average Bonchev–Trinajstić information content (AvgIpc) is 2.14. The lowest BCUT2D eigenvalue weighted by Gasteiger charge is -2.18. The van der Waals surface area contributed by atoms with Crippen molar-refractivity contribution in [2.45, 2.75) is 25.4 Å². The number of carboxylic acid groups (broad SMARTS) is 1. The van der Waals surface area contributed by atoms with Crippen LogP contribution in [0.2, 0.25) is 0 Å². The summed E-state index contributed by atoms with van der Waals surface area (Å²) < 4.78 is 37.8. The fourth-order valence-corrected chi connectivity index (χ4v) is 1.40. The van der Waals surface area contributed by atoms with Crippen LogP contribution in [0.15, 0.2) is 24.3 Å². The van der Waals surface area contributed by atoms with Gasteiger partial charge in [-0.25, -0.2) is 0 Å². The fourth-order valence-electron chi connectivity index (χ4n) is 1.40. The Balaban J connectivity index is 3.01. The van der Waals surface area contributed by atoms with Gasteiger partial charge < -0.3 is 5.11 Å². The predicted molar refractivity (Wildman–Crippen MR) is 52.2 cm³/mol. The third kappa shape index (κ3) is 3.25. The number of alkyl halides is 3. The second-order valence-corrected chi connectivity index (χ2v) is 3.60. The first-order chi connectivity index (χ1) is 7.30. The largest absolute Gasteiger partial charge is 0.481 e. The first-order valence-electron chi connectivity index (χ1n) is 4.66. The molecule has 16 heavy (non-hydrogen) atoms. The van der Waals surface area contributed by atoms with E-state index in [0.717, 1.165) is 5.56 Å². The van der Waals surface area contributed by atoms with E-state index in [0.29, 0.717) is 0 Å². The first-order valence-corrected chi connectivity index (χ1v) is 4.66. The number of hydrogen-bond acceptors (Lipinski definition) is 1. The van der Waals surface area contributed by atoms with Crippen LogP contribution < -0.4 is 0 Å². The number of rotatable bonds is 3. The molecule has 0 unspecified atom stereocenters. The normalized spacial score (nSPS) is 13.5. The van der Waals surface area contributed by atoms with Gasteiger partial charge in [-0.15, -0.1) is 0 Å². The standard InChI is InChI=1S/C11H11F3O2/c1-7-2-4-8(5-3-7)9(6-10(15)16)11(12,13)14/h2-5,9H,6H2,1H3,(H,15,16)/t9-/m0/s1. The third-order valence-corrected chi connectivity index (χ3v) is 2.25. The van der Waals surface area contributed by atoms with Crippen molar-refractivity contribution in [3.05, 3.63) is 35.4 Å². The summed E-state index contributed by atoms with van der Waals surface area (Å²) in [7, 11) is 0. The van der Waals surface area contributed by atoms with E-state index in [1.807, 2.05) is 0 Å². The third-order valence-electron chi connectivity index (χ3n) is 2.25. The van der Waals surface area contributed by atoms with Crippen LogP contribution in [-0.2, 0) is 4.79 Å². The van der Waals surface area contributed by atoms with Crippen LogP contribution >= 0.6 is 0 Å². The van der Waals surface area contributed by atoms with Gasteiger partial charge >= 0.3 is 12.1 Å². The Morgan fingerprint density at radius 1 is 1.31 bits per heavy atom. The Hall–Kier alpha value is -1.52. The number of carboxylic acids is 1. The summed E-state index contributed by atoms with van der Waals surface area (Å²) >= 11 is 0. The molecule has 0 bridgehead atoms. The molecule has 1 atom stereocenters. The van der Waals surface area contributed by atoms with E-state index in [2.05, 4.69) is 0 Å². The van der Waals surface area contributed by atoms with Gasteiger partial charge in [0.05, 0.1) is 12.3 Å². The van der Waals surface area contributed by atoms with Crippen LogP contribution in [0.4, 0.5) is 13.2 Å². The van der Waals surface area contributed by atoms with Crippen LogP contribution in [0.3, 0.4) is 0 Å². The van der Waals surface area contributed by atoms with Crippen molar-refractivity contribution < 1.29 is 23.1 Å². The molecule has 2 nitrogen and oxygen atoms in total. The zero-order chi connectivity index (χ0) is 12.3. The second kappa shape index (κ2) is 4.55. The van der Waals surface area contributed by atoms with E-state index in [-0.39, 0.29) is 5.56 Å². The number of benzene rings is 1. The topological polar surface area (TPSA) is 37.3 Å². The SMILES string of the molecule is Cc1ccc([C@H](CC(=O)O)C(F)(F)F)cc1. The van der Waals surface area contributed by atoms with Crippen LogP contribution in [0.5, 0.6) is 0 Å². The number of hydrogen-bond donors (Lipinski definition) is 1. The van der Waals surface area contributed by atoms with E-state index in [4.69, 9.17) is 5.11 Å². The van der Waals surface area contributed by atoms with Gasteiger partial charge in [0, 0.05) is 0 Å². The molecule has 5 heteroatoms. The highest BCUT2D eigenvalue weighted by Gasteiger charge is 2.41. The molecule has 1 aromatic carbocycles. The monoisotopic (exact) mass is 232 g/mol.